The van der Waals surface area contributed by atoms with E-state index in [0.29, 0.717) is 0 Å². The van der Waals surface area contributed by atoms with Gasteiger partial charge in [-0.05, 0) is 55.5 Å². The van der Waals surface area contributed by atoms with E-state index in [1.54, 1.807) is 0 Å². The van der Waals surface area contributed by atoms with Crippen molar-refractivity contribution < 1.29 is 9.13 Å². The highest BCUT2D eigenvalue weighted by molar-refractivity contribution is 9.10. The summed E-state index contributed by atoms with van der Waals surface area (Å²) in [5.41, 5.74) is 1.24. The van der Waals surface area contributed by atoms with E-state index in [1.807, 2.05) is 12.1 Å². The highest BCUT2D eigenvalue weighted by Gasteiger charge is 2.24. The van der Waals surface area contributed by atoms with Crippen LogP contribution in [0.5, 0.6) is 0 Å². The fourth-order valence-corrected chi connectivity index (χ4v) is 13.4. The molecule has 0 atom stereocenters. The minimum absolute atomic E-state index is 0.796. The largest absolute Gasteiger partial charge is 0.323 e. The zero-order chi connectivity index (χ0) is 37.5. The van der Waals surface area contributed by atoms with Crippen molar-refractivity contribution in [2.75, 3.05) is 24.6 Å². The van der Waals surface area contributed by atoms with Crippen LogP contribution in [-0.4, -0.2) is 24.6 Å². The van der Waals surface area contributed by atoms with Crippen molar-refractivity contribution in [1.82, 2.24) is 0 Å². The second kappa shape index (κ2) is 32.1. The van der Waals surface area contributed by atoms with Gasteiger partial charge in [0.15, 0.2) is 0 Å². The predicted molar refractivity (Wildman–Crippen MR) is 240 cm³/mol. The molecule has 0 spiro atoms. The second-order valence-electron chi connectivity index (χ2n) is 15.2. The smallest absolute Gasteiger partial charge is 0.115 e. The standard InChI is InChI=1S/C23H40BrOP.C22H38BrOP/c1-3-5-7-9-11-13-19-26(25,20-14-12-10-8-6-4-2)21-22-15-17-23(24)18-16-22;1-3-5-7-9-11-13-19-25(24,20-14-12-10-8-6-4-2)22-17-15-21(23)16-18-22/h15-18H,3-14,19-21H2,1-2H3;15-18H,3-14,19-20H2,1-2H3. The van der Waals surface area contributed by atoms with Crippen LogP contribution in [0.1, 0.15) is 187 Å². The Morgan fingerprint density at radius 3 is 1.04 bits per heavy atom. The minimum Gasteiger partial charge on any atom is -0.323 e. The molecule has 2 nitrogen and oxygen atoms in total. The molecule has 0 N–H and O–H groups in total. The van der Waals surface area contributed by atoms with Gasteiger partial charge in [0.2, 0.25) is 0 Å². The molecule has 294 valence electrons. The molecule has 0 aliphatic rings. The van der Waals surface area contributed by atoms with Gasteiger partial charge in [0.1, 0.15) is 7.14 Å². The summed E-state index contributed by atoms with van der Waals surface area (Å²) < 4.78 is 29.5. The number of hydrogen-bond acceptors (Lipinski definition) is 2. The fraction of sp³-hybridized carbons (Fsp3) is 0.733. The van der Waals surface area contributed by atoms with Crippen LogP contribution in [0, 0.1) is 0 Å². The number of hydrogen-bond donors (Lipinski definition) is 0. The Morgan fingerprint density at radius 1 is 0.392 bits per heavy atom. The fourth-order valence-electron chi connectivity index (χ4n) is 6.93. The van der Waals surface area contributed by atoms with E-state index in [-0.39, 0.29) is 0 Å². The lowest BCUT2D eigenvalue weighted by atomic mass is 10.1. The molecule has 2 rings (SSSR count). The summed E-state index contributed by atoms with van der Waals surface area (Å²) in [6.45, 7) is 9.02. The third-order valence-corrected chi connectivity index (χ3v) is 17.8. The van der Waals surface area contributed by atoms with Crippen molar-refractivity contribution in [1.29, 1.82) is 0 Å². The summed E-state index contributed by atoms with van der Waals surface area (Å²) in [6.07, 6.45) is 35.0. The molecule has 0 bridgehead atoms. The van der Waals surface area contributed by atoms with Crippen molar-refractivity contribution >= 4 is 51.4 Å². The first-order chi connectivity index (χ1) is 24.7. The second-order valence-corrected chi connectivity index (χ2v) is 23.5. The van der Waals surface area contributed by atoms with Crippen LogP contribution in [0.2, 0.25) is 0 Å². The molecule has 51 heavy (non-hydrogen) atoms. The van der Waals surface area contributed by atoms with Gasteiger partial charge in [-0.25, -0.2) is 0 Å². The molecule has 0 saturated heterocycles. The maximum absolute atomic E-state index is 13.7. The monoisotopic (exact) mass is 870 g/mol. The third-order valence-electron chi connectivity index (χ3n) is 10.3. The SMILES string of the molecule is CCCCCCCCP(=O)(CCCCCCCC)Cc1ccc(Br)cc1.CCCCCCCCP(=O)(CCCCCCCC)c1ccc(Br)cc1. The van der Waals surface area contributed by atoms with Gasteiger partial charge >= 0.3 is 0 Å². The van der Waals surface area contributed by atoms with E-state index in [4.69, 9.17) is 0 Å². The van der Waals surface area contributed by atoms with Gasteiger partial charge in [0.05, 0.1) is 7.14 Å². The summed E-state index contributed by atoms with van der Waals surface area (Å²) in [5.74, 6) is 0. The van der Waals surface area contributed by atoms with Gasteiger partial charge < -0.3 is 9.13 Å². The molecule has 0 aliphatic carbocycles. The molecule has 0 aromatic heterocycles. The quantitative estimate of drug-likeness (QED) is 0.0559. The summed E-state index contributed by atoms with van der Waals surface area (Å²) in [6, 6.07) is 16.7. The normalized spacial score (nSPS) is 11.8. The van der Waals surface area contributed by atoms with E-state index in [0.717, 1.165) is 70.7 Å². The van der Waals surface area contributed by atoms with Gasteiger partial charge in [0.25, 0.3) is 0 Å². The van der Waals surface area contributed by atoms with Crippen LogP contribution in [0.3, 0.4) is 0 Å². The Morgan fingerprint density at radius 2 is 0.686 bits per heavy atom. The summed E-state index contributed by atoms with van der Waals surface area (Å²) in [4.78, 5) is 0. The van der Waals surface area contributed by atoms with Gasteiger partial charge in [-0.1, -0.05) is 212 Å². The average molecular weight is 873 g/mol. The molecule has 0 heterocycles. The molecule has 2 aromatic carbocycles. The highest BCUT2D eigenvalue weighted by Crippen LogP contribution is 2.51. The number of halogens is 2. The first kappa shape index (κ1) is 48.9. The lowest BCUT2D eigenvalue weighted by Crippen LogP contribution is -2.11. The van der Waals surface area contributed by atoms with Crippen molar-refractivity contribution in [3.8, 4) is 0 Å². The van der Waals surface area contributed by atoms with Crippen LogP contribution in [-0.2, 0) is 15.3 Å². The van der Waals surface area contributed by atoms with Gasteiger partial charge in [-0.3, -0.25) is 0 Å². The summed E-state index contributed by atoms with van der Waals surface area (Å²) in [7, 11) is -4.31. The molecule has 6 heteroatoms. The van der Waals surface area contributed by atoms with Gasteiger partial charge in [-0.15, -0.1) is 0 Å². The molecule has 0 fully saturated rings. The van der Waals surface area contributed by atoms with E-state index in [1.165, 1.54) is 134 Å². The molecule has 0 unspecified atom stereocenters. The molecular weight excluding hydrogens is 794 g/mol. The van der Waals surface area contributed by atoms with E-state index < -0.39 is 14.3 Å². The third kappa shape index (κ3) is 25.5. The first-order valence-corrected chi connectivity index (χ1v) is 27.3. The van der Waals surface area contributed by atoms with Crippen LogP contribution < -0.4 is 5.30 Å². The molecule has 0 amide bonds. The highest BCUT2D eigenvalue weighted by atomic mass is 79.9. The lowest BCUT2D eigenvalue weighted by molar-refractivity contribution is 0.560. The van der Waals surface area contributed by atoms with Gasteiger partial charge in [0, 0.05) is 45.1 Å². The Balaban J connectivity index is 0.000000510. The molecule has 2 aromatic rings. The first-order valence-electron chi connectivity index (χ1n) is 21.4. The van der Waals surface area contributed by atoms with Crippen LogP contribution in [0.15, 0.2) is 57.5 Å². The van der Waals surface area contributed by atoms with Crippen molar-refractivity contribution in [3.63, 3.8) is 0 Å². The maximum atomic E-state index is 13.7. The number of benzene rings is 2. The maximum Gasteiger partial charge on any atom is 0.115 e. The van der Waals surface area contributed by atoms with Crippen LogP contribution >= 0.6 is 46.1 Å². The van der Waals surface area contributed by atoms with Crippen LogP contribution in [0.25, 0.3) is 0 Å². The topological polar surface area (TPSA) is 34.1 Å². The Kier molecular flexibility index (Phi) is 30.8. The molecule has 0 radical (unpaired) electrons. The van der Waals surface area contributed by atoms with Crippen LogP contribution in [0.4, 0.5) is 0 Å². The number of rotatable bonds is 31. The van der Waals surface area contributed by atoms with E-state index in [2.05, 4.69) is 96.0 Å². The van der Waals surface area contributed by atoms with E-state index in [9.17, 15) is 9.13 Å². The van der Waals surface area contributed by atoms with Crippen molar-refractivity contribution in [2.45, 2.75) is 188 Å². The predicted octanol–water partition coefficient (Wildman–Crippen LogP) is 17.2. The van der Waals surface area contributed by atoms with E-state index >= 15 is 0 Å². The minimum atomic E-state index is -2.22. The Bertz CT molecular complexity index is 1130. The average Bonchev–Trinajstić information content (AvgIpc) is 3.12. The lowest BCUT2D eigenvalue weighted by Gasteiger charge is -2.19. The van der Waals surface area contributed by atoms with Crippen molar-refractivity contribution in [3.05, 3.63) is 63.0 Å². The van der Waals surface area contributed by atoms with Gasteiger partial charge in [-0.2, -0.15) is 0 Å². The zero-order valence-corrected chi connectivity index (χ0v) is 38.6. The Labute approximate surface area is 334 Å². The molecule has 0 saturated carbocycles. The molecule has 0 aliphatic heterocycles. The Hall–Kier alpha value is -0.140. The zero-order valence-electron chi connectivity index (χ0n) is 33.6. The summed E-state index contributed by atoms with van der Waals surface area (Å²) >= 11 is 7.00. The van der Waals surface area contributed by atoms with Crippen molar-refractivity contribution in [2.24, 2.45) is 0 Å². The summed E-state index contributed by atoms with van der Waals surface area (Å²) in [5, 5.41) is 1.10. The number of unbranched alkanes of at least 4 members (excludes halogenated alkanes) is 20. The molecular formula is C45H78Br2O2P2.